The van der Waals surface area contributed by atoms with Gasteiger partial charge in [0.25, 0.3) is 5.91 Å². The highest BCUT2D eigenvalue weighted by molar-refractivity contribution is 7.09. The van der Waals surface area contributed by atoms with E-state index >= 15 is 0 Å². The van der Waals surface area contributed by atoms with Gasteiger partial charge in [0.05, 0.1) is 0 Å². The molecule has 1 aliphatic carbocycles. The topological polar surface area (TPSA) is 80.3 Å². The molecule has 0 unspecified atom stereocenters. The van der Waals surface area contributed by atoms with E-state index in [9.17, 15) is 9.59 Å². The minimum Gasteiger partial charge on any atom is -0.486 e. The van der Waals surface area contributed by atoms with Gasteiger partial charge in [-0.15, -0.1) is 11.3 Å². The summed E-state index contributed by atoms with van der Waals surface area (Å²) in [5, 5.41) is 8.76. The zero-order valence-electron chi connectivity index (χ0n) is 18.5. The molecule has 4 rings (SSSR count). The van der Waals surface area contributed by atoms with Crippen LogP contribution in [0.25, 0.3) is 0 Å². The minimum atomic E-state index is -0.201. The fourth-order valence-corrected chi connectivity index (χ4v) is 4.73. The van der Waals surface area contributed by atoms with E-state index in [1.54, 1.807) is 5.38 Å². The Morgan fingerprint density at radius 1 is 0.939 bits per heavy atom. The lowest BCUT2D eigenvalue weighted by Gasteiger charge is -2.32. The maximum Gasteiger partial charge on any atom is 0.271 e. The summed E-state index contributed by atoms with van der Waals surface area (Å²) in [6.07, 6.45) is 4.96. The van der Waals surface area contributed by atoms with Gasteiger partial charge in [-0.3, -0.25) is 9.59 Å². The van der Waals surface area contributed by atoms with Crippen molar-refractivity contribution in [1.29, 1.82) is 0 Å². The van der Waals surface area contributed by atoms with Crippen LogP contribution in [0.3, 0.4) is 0 Å². The molecular formula is C26H29N3O3S. The number of hydrogen-bond acceptors (Lipinski definition) is 5. The van der Waals surface area contributed by atoms with E-state index in [0.717, 1.165) is 42.0 Å². The van der Waals surface area contributed by atoms with Crippen molar-refractivity contribution in [2.24, 2.45) is 0 Å². The Kier molecular flexibility index (Phi) is 8.09. The molecule has 2 amide bonds. The van der Waals surface area contributed by atoms with E-state index in [1.807, 2.05) is 60.7 Å². The van der Waals surface area contributed by atoms with Gasteiger partial charge in [-0.25, -0.2) is 4.98 Å². The third-order valence-electron chi connectivity index (χ3n) is 5.80. The summed E-state index contributed by atoms with van der Waals surface area (Å²) in [4.78, 5) is 29.8. The second-order valence-corrected chi connectivity index (χ2v) is 9.19. The molecule has 33 heavy (non-hydrogen) atoms. The molecule has 6 nitrogen and oxygen atoms in total. The van der Waals surface area contributed by atoms with Crippen LogP contribution in [-0.4, -0.2) is 28.9 Å². The molecule has 1 aromatic heterocycles. The summed E-state index contributed by atoms with van der Waals surface area (Å²) in [7, 11) is 0. The zero-order chi connectivity index (χ0) is 22.9. The lowest BCUT2D eigenvalue weighted by molar-refractivity contribution is -0.122. The van der Waals surface area contributed by atoms with Crippen LogP contribution in [-0.2, 0) is 17.8 Å². The predicted octanol–water partition coefficient (Wildman–Crippen LogP) is 4.51. The first-order chi connectivity index (χ1) is 16.2. The molecule has 1 fully saturated rings. The summed E-state index contributed by atoms with van der Waals surface area (Å²) < 4.78 is 5.72. The number of rotatable bonds is 9. The van der Waals surface area contributed by atoms with Gasteiger partial charge < -0.3 is 15.4 Å². The van der Waals surface area contributed by atoms with Crippen LogP contribution in [0, 0.1) is 0 Å². The molecule has 172 valence electrons. The Morgan fingerprint density at radius 2 is 1.61 bits per heavy atom. The zero-order valence-corrected chi connectivity index (χ0v) is 19.4. The van der Waals surface area contributed by atoms with Crippen LogP contribution in [0.5, 0.6) is 5.75 Å². The first kappa shape index (κ1) is 23.0. The third-order valence-corrected chi connectivity index (χ3v) is 6.62. The van der Waals surface area contributed by atoms with E-state index in [4.69, 9.17) is 4.74 Å². The van der Waals surface area contributed by atoms with Crippen LogP contribution in [0.2, 0.25) is 0 Å². The van der Waals surface area contributed by atoms with Crippen molar-refractivity contribution in [3.63, 3.8) is 0 Å². The number of amides is 2. The molecule has 2 aromatic carbocycles. The molecule has 0 radical (unpaired) electrons. The van der Waals surface area contributed by atoms with Crippen LogP contribution >= 0.6 is 11.3 Å². The van der Waals surface area contributed by atoms with Crippen LogP contribution in [0.1, 0.15) is 53.2 Å². The maximum atomic E-state index is 12.8. The monoisotopic (exact) mass is 463 g/mol. The highest BCUT2D eigenvalue weighted by Gasteiger charge is 2.28. The first-order valence-corrected chi connectivity index (χ1v) is 12.3. The van der Waals surface area contributed by atoms with Crippen LogP contribution in [0.15, 0.2) is 66.0 Å². The third kappa shape index (κ3) is 6.89. The fraction of sp³-hybridized carbons (Fsp3) is 0.346. The highest BCUT2D eigenvalue weighted by atomic mass is 32.1. The quantitative estimate of drug-likeness (QED) is 0.489. The SMILES string of the molecule is O=C(CCc1ccccc1)N[C@@H]1CCCC[C@H]1NC(=O)c1csc(COc2ccccc2)n1. The highest BCUT2D eigenvalue weighted by Crippen LogP contribution is 2.20. The van der Waals surface area contributed by atoms with Gasteiger partial charge in [0.1, 0.15) is 23.1 Å². The summed E-state index contributed by atoms with van der Waals surface area (Å²) in [5.41, 5.74) is 1.54. The van der Waals surface area contributed by atoms with Crippen molar-refractivity contribution in [2.45, 2.75) is 57.2 Å². The van der Waals surface area contributed by atoms with E-state index < -0.39 is 0 Å². The Hall–Kier alpha value is -3.19. The van der Waals surface area contributed by atoms with E-state index in [0.29, 0.717) is 25.1 Å². The molecular weight excluding hydrogens is 434 g/mol. The number of benzene rings is 2. The average Bonchev–Trinajstić information content (AvgIpc) is 3.33. The van der Waals surface area contributed by atoms with Crippen molar-refractivity contribution in [3.8, 4) is 5.75 Å². The molecule has 0 saturated heterocycles. The largest absolute Gasteiger partial charge is 0.486 e. The second-order valence-electron chi connectivity index (χ2n) is 8.25. The number of carbonyl (C=O) groups excluding carboxylic acids is 2. The summed E-state index contributed by atoms with van der Waals surface area (Å²) in [6.45, 7) is 0.325. The van der Waals surface area contributed by atoms with Crippen LogP contribution in [0.4, 0.5) is 0 Å². The number of nitrogens with zero attached hydrogens (tertiary/aromatic N) is 1. The van der Waals surface area contributed by atoms with Crippen molar-refractivity contribution in [1.82, 2.24) is 15.6 Å². The number of carbonyl (C=O) groups is 2. The number of aryl methyl sites for hydroxylation is 1. The Balaban J connectivity index is 1.28. The second kappa shape index (κ2) is 11.6. The molecule has 7 heteroatoms. The molecule has 1 saturated carbocycles. The van der Waals surface area contributed by atoms with Gasteiger partial charge in [-0.05, 0) is 37.0 Å². The van der Waals surface area contributed by atoms with Crippen molar-refractivity contribution < 1.29 is 14.3 Å². The smallest absolute Gasteiger partial charge is 0.271 e. The van der Waals surface area contributed by atoms with Gasteiger partial charge in [-0.1, -0.05) is 61.4 Å². The summed E-state index contributed by atoms with van der Waals surface area (Å²) in [5.74, 6) is 0.596. The number of aromatic nitrogens is 1. The van der Waals surface area contributed by atoms with Crippen molar-refractivity contribution in [3.05, 3.63) is 82.3 Å². The summed E-state index contributed by atoms with van der Waals surface area (Å²) >= 11 is 1.41. The Morgan fingerprint density at radius 3 is 2.33 bits per heavy atom. The first-order valence-electron chi connectivity index (χ1n) is 11.4. The molecule has 2 N–H and O–H groups in total. The van der Waals surface area contributed by atoms with Gasteiger partial charge in [-0.2, -0.15) is 0 Å². The van der Waals surface area contributed by atoms with Crippen molar-refractivity contribution >= 4 is 23.2 Å². The minimum absolute atomic E-state index is 0.0269. The number of para-hydroxylation sites is 1. The number of nitrogens with one attached hydrogen (secondary N) is 2. The molecule has 0 bridgehead atoms. The number of hydrogen-bond donors (Lipinski definition) is 2. The van der Waals surface area contributed by atoms with Gasteiger partial charge in [0, 0.05) is 23.9 Å². The molecule has 3 aromatic rings. The molecule has 2 atom stereocenters. The van der Waals surface area contributed by atoms with E-state index in [-0.39, 0.29) is 23.9 Å². The van der Waals surface area contributed by atoms with Gasteiger partial charge >= 0.3 is 0 Å². The summed E-state index contributed by atoms with van der Waals surface area (Å²) in [6, 6.07) is 19.4. The molecule has 1 aliphatic rings. The van der Waals surface area contributed by atoms with Gasteiger partial charge in [0.15, 0.2) is 0 Å². The van der Waals surface area contributed by atoms with Crippen molar-refractivity contribution in [2.75, 3.05) is 0 Å². The molecule has 1 heterocycles. The van der Waals surface area contributed by atoms with E-state index in [1.165, 1.54) is 11.3 Å². The molecule has 0 aliphatic heterocycles. The maximum absolute atomic E-state index is 12.8. The van der Waals surface area contributed by atoms with Gasteiger partial charge in [0.2, 0.25) is 5.91 Å². The Labute approximate surface area is 198 Å². The normalized spacial score (nSPS) is 17.8. The molecule has 0 spiro atoms. The number of ether oxygens (including phenoxy) is 1. The van der Waals surface area contributed by atoms with Crippen LogP contribution < -0.4 is 15.4 Å². The average molecular weight is 464 g/mol. The fourth-order valence-electron chi connectivity index (χ4n) is 4.04. The standard InChI is InChI=1S/C26H29N3O3S/c30-24(16-15-19-9-3-1-4-10-19)27-21-13-7-8-14-22(21)29-26(31)23-18-33-25(28-23)17-32-20-11-5-2-6-12-20/h1-6,9-12,18,21-22H,7-8,13-17H2,(H,27,30)(H,29,31)/t21-,22-/m1/s1. The Bertz CT molecular complexity index is 1040. The lowest BCUT2D eigenvalue weighted by Crippen LogP contribution is -2.53. The van der Waals surface area contributed by atoms with E-state index in [2.05, 4.69) is 15.6 Å². The number of thiazole rings is 1. The predicted molar refractivity (Wildman–Crippen MR) is 129 cm³/mol. The lowest BCUT2D eigenvalue weighted by atomic mass is 9.90.